The summed E-state index contributed by atoms with van der Waals surface area (Å²) in [7, 11) is 3.35. The number of methoxy groups -OCH3 is 2. The van der Waals surface area contributed by atoms with Crippen molar-refractivity contribution in [3.05, 3.63) is 71.8 Å². The summed E-state index contributed by atoms with van der Waals surface area (Å²) in [6, 6.07) is 21.8. The summed E-state index contributed by atoms with van der Waals surface area (Å²) >= 11 is 0. The topological polar surface area (TPSA) is 40.0 Å². The molecule has 0 saturated heterocycles. The molecule has 0 saturated carbocycles. The first-order chi connectivity index (χ1) is 14.2. The average molecular weight is 390 g/mol. The molecule has 1 aromatic heterocycles. The van der Waals surface area contributed by atoms with Gasteiger partial charge in [-0.2, -0.15) is 0 Å². The molecule has 0 aliphatic carbocycles. The number of benzene rings is 3. The SMILES string of the molecule is CCn1c2ccccc2c2cc(C[NH2+]CCc3ccc(OC)c(OC)c3)ccc21. The Labute approximate surface area is 172 Å². The van der Waals surface area contributed by atoms with Gasteiger partial charge in [0.1, 0.15) is 6.54 Å². The standard InChI is InChI=1S/C25H28N2O2/c1-4-27-22-8-6-5-7-20(22)21-15-19(9-11-23(21)27)17-26-14-13-18-10-12-24(28-2)25(16-18)29-3/h5-12,15-16,26H,4,13-14,17H2,1-3H3/p+1. The maximum absolute atomic E-state index is 5.40. The van der Waals surface area contributed by atoms with E-state index in [1.165, 1.54) is 32.9 Å². The lowest BCUT2D eigenvalue weighted by atomic mass is 10.1. The lowest BCUT2D eigenvalue weighted by Gasteiger charge is -2.09. The molecule has 0 radical (unpaired) electrons. The molecule has 0 aliphatic rings. The monoisotopic (exact) mass is 389 g/mol. The van der Waals surface area contributed by atoms with Crippen LogP contribution in [0.1, 0.15) is 18.1 Å². The third-order valence-electron chi connectivity index (χ3n) is 5.62. The number of quaternary nitrogens is 1. The Kier molecular flexibility index (Phi) is 5.72. The van der Waals surface area contributed by atoms with E-state index in [1.54, 1.807) is 14.2 Å². The molecular formula is C25H29N2O2+. The zero-order chi connectivity index (χ0) is 20.2. The number of ether oxygens (including phenoxy) is 2. The minimum atomic E-state index is 0.778. The van der Waals surface area contributed by atoms with Crippen LogP contribution in [-0.2, 0) is 19.5 Å². The number of para-hydroxylation sites is 1. The van der Waals surface area contributed by atoms with Crippen molar-refractivity contribution in [2.24, 2.45) is 0 Å². The molecule has 0 bridgehead atoms. The highest BCUT2D eigenvalue weighted by atomic mass is 16.5. The third-order valence-corrected chi connectivity index (χ3v) is 5.62. The van der Waals surface area contributed by atoms with Crippen LogP contribution in [-0.4, -0.2) is 25.3 Å². The molecule has 150 valence electrons. The smallest absolute Gasteiger partial charge is 0.160 e. The first kappa shape index (κ1) is 19.3. The van der Waals surface area contributed by atoms with Crippen LogP contribution < -0.4 is 14.8 Å². The summed E-state index contributed by atoms with van der Waals surface area (Å²) in [5.74, 6) is 1.57. The van der Waals surface area contributed by atoms with E-state index in [1.807, 2.05) is 6.07 Å². The average Bonchev–Trinajstić information content (AvgIpc) is 3.09. The predicted molar refractivity (Wildman–Crippen MR) is 119 cm³/mol. The van der Waals surface area contributed by atoms with E-state index >= 15 is 0 Å². The Bertz CT molecular complexity index is 1130. The van der Waals surface area contributed by atoms with Gasteiger partial charge in [-0.1, -0.05) is 30.3 Å². The van der Waals surface area contributed by atoms with Crippen LogP contribution in [0.5, 0.6) is 11.5 Å². The number of nitrogens with zero attached hydrogens (tertiary/aromatic N) is 1. The lowest BCUT2D eigenvalue weighted by Crippen LogP contribution is -2.83. The van der Waals surface area contributed by atoms with Crippen molar-refractivity contribution < 1.29 is 14.8 Å². The van der Waals surface area contributed by atoms with Gasteiger partial charge in [-0.25, -0.2) is 0 Å². The van der Waals surface area contributed by atoms with Gasteiger partial charge in [0.05, 0.1) is 20.8 Å². The molecule has 2 N–H and O–H groups in total. The fraction of sp³-hybridized carbons (Fsp3) is 0.280. The van der Waals surface area contributed by atoms with Crippen molar-refractivity contribution >= 4 is 21.8 Å². The van der Waals surface area contributed by atoms with Crippen molar-refractivity contribution in [1.29, 1.82) is 0 Å². The van der Waals surface area contributed by atoms with Crippen LogP contribution in [0.2, 0.25) is 0 Å². The highest BCUT2D eigenvalue weighted by Crippen LogP contribution is 2.29. The number of fused-ring (bicyclic) bond motifs is 3. The molecule has 4 heteroatoms. The highest BCUT2D eigenvalue weighted by molar-refractivity contribution is 6.08. The van der Waals surface area contributed by atoms with E-state index in [2.05, 4.69) is 71.4 Å². The molecule has 0 unspecified atom stereocenters. The van der Waals surface area contributed by atoms with E-state index in [4.69, 9.17) is 9.47 Å². The fourth-order valence-corrected chi connectivity index (χ4v) is 4.14. The summed E-state index contributed by atoms with van der Waals surface area (Å²) in [5, 5.41) is 5.07. The Hall–Kier alpha value is -2.98. The number of aromatic nitrogens is 1. The maximum atomic E-state index is 5.40. The summed E-state index contributed by atoms with van der Waals surface area (Å²) < 4.78 is 13.1. The molecule has 3 aromatic carbocycles. The van der Waals surface area contributed by atoms with Crippen molar-refractivity contribution in [2.45, 2.75) is 26.4 Å². The minimum Gasteiger partial charge on any atom is -0.493 e. The van der Waals surface area contributed by atoms with Crippen molar-refractivity contribution in [2.75, 3.05) is 20.8 Å². The van der Waals surface area contributed by atoms with Crippen LogP contribution in [0.15, 0.2) is 60.7 Å². The van der Waals surface area contributed by atoms with E-state index in [9.17, 15) is 0 Å². The molecule has 29 heavy (non-hydrogen) atoms. The van der Waals surface area contributed by atoms with E-state index in [0.29, 0.717) is 0 Å². The highest BCUT2D eigenvalue weighted by Gasteiger charge is 2.10. The molecule has 4 aromatic rings. The summed E-state index contributed by atoms with van der Waals surface area (Å²) in [5.41, 5.74) is 5.27. The molecule has 1 heterocycles. The number of nitrogens with two attached hydrogens (primary N) is 1. The Morgan fingerprint density at radius 2 is 1.55 bits per heavy atom. The maximum Gasteiger partial charge on any atom is 0.160 e. The van der Waals surface area contributed by atoms with Crippen molar-refractivity contribution in [3.63, 3.8) is 0 Å². The van der Waals surface area contributed by atoms with Gasteiger partial charge < -0.3 is 19.4 Å². The quantitative estimate of drug-likeness (QED) is 0.460. The second kappa shape index (κ2) is 8.58. The van der Waals surface area contributed by atoms with Crippen LogP contribution in [0.4, 0.5) is 0 Å². The molecule has 0 spiro atoms. The Morgan fingerprint density at radius 3 is 2.34 bits per heavy atom. The summed E-state index contributed by atoms with van der Waals surface area (Å²) in [4.78, 5) is 0. The van der Waals surface area contributed by atoms with Crippen LogP contribution in [0.25, 0.3) is 21.8 Å². The number of hydrogen-bond donors (Lipinski definition) is 1. The van der Waals surface area contributed by atoms with Crippen LogP contribution in [0, 0.1) is 0 Å². The third kappa shape index (κ3) is 3.81. The van der Waals surface area contributed by atoms with Gasteiger partial charge in [0.15, 0.2) is 11.5 Å². The van der Waals surface area contributed by atoms with E-state index in [0.717, 1.165) is 37.6 Å². The summed E-state index contributed by atoms with van der Waals surface area (Å²) in [6.07, 6.45) is 0.998. The largest absolute Gasteiger partial charge is 0.493 e. The summed E-state index contributed by atoms with van der Waals surface area (Å²) in [6.45, 7) is 5.21. The van der Waals surface area contributed by atoms with Gasteiger partial charge in [0.25, 0.3) is 0 Å². The molecule has 0 atom stereocenters. The number of aryl methyl sites for hydroxylation is 1. The predicted octanol–water partition coefficient (Wildman–Crippen LogP) is 4.14. The molecule has 4 rings (SSSR count). The van der Waals surface area contributed by atoms with Gasteiger partial charge in [0, 0.05) is 40.3 Å². The lowest BCUT2D eigenvalue weighted by molar-refractivity contribution is -0.670. The normalized spacial score (nSPS) is 11.3. The zero-order valence-corrected chi connectivity index (χ0v) is 17.4. The molecule has 0 aliphatic heterocycles. The van der Waals surface area contributed by atoms with Crippen LogP contribution >= 0.6 is 0 Å². The first-order valence-corrected chi connectivity index (χ1v) is 10.3. The Balaban J connectivity index is 1.45. The van der Waals surface area contributed by atoms with E-state index < -0.39 is 0 Å². The minimum absolute atomic E-state index is 0.778. The van der Waals surface area contributed by atoms with Crippen molar-refractivity contribution in [1.82, 2.24) is 4.57 Å². The van der Waals surface area contributed by atoms with Gasteiger partial charge in [-0.05, 0) is 42.8 Å². The van der Waals surface area contributed by atoms with Gasteiger partial charge in [0.2, 0.25) is 0 Å². The van der Waals surface area contributed by atoms with Crippen LogP contribution in [0.3, 0.4) is 0 Å². The zero-order valence-electron chi connectivity index (χ0n) is 17.4. The van der Waals surface area contributed by atoms with E-state index in [-0.39, 0.29) is 0 Å². The molecule has 4 nitrogen and oxygen atoms in total. The van der Waals surface area contributed by atoms with Gasteiger partial charge in [-0.3, -0.25) is 0 Å². The van der Waals surface area contributed by atoms with Gasteiger partial charge >= 0.3 is 0 Å². The molecule has 0 fully saturated rings. The number of rotatable bonds is 8. The van der Waals surface area contributed by atoms with Crippen molar-refractivity contribution in [3.8, 4) is 11.5 Å². The number of hydrogen-bond acceptors (Lipinski definition) is 2. The molecule has 0 amide bonds. The molecular weight excluding hydrogens is 360 g/mol. The second-order valence-corrected chi connectivity index (χ2v) is 7.33. The second-order valence-electron chi connectivity index (χ2n) is 7.33. The Morgan fingerprint density at radius 1 is 0.793 bits per heavy atom. The fourth-order valence-electron chi connectivity index (χ4n) is 4.14. The van der Waals surface area contributed by atoms with Gasteiger partial charge in [-0.15, -0.1) is 0 Å². The first-order valence-electron chi connectivity index (χ1n) is 10.3.